The Morgan fingerprint density at radius 3 is 2.27 bits per heavy atom. The van der Waals surface area contributed by atoms with Crippen LogP contribution in [-0.2, 0) is 4.79 Å². The monoisotopic (exact) mass is 213 g/mol. The van der Waals surface area contributed by atoms with Crippen LogP contribution >= 0.6 is 0 Å². The van der Waals surface area contributed by atoms with Gasteiger partial charge in [0.05, 0.1) is 5.60 Å². The first-order valence-electron chi connectivity index (χ1n) is 5.86. The van der Waals surface area contributed by atoms with E-state index in [-0.39, 0.29) is 5.91 Å². The van der Waals surface area contributed by atoms with Gasteiger partial charge in [0, 0.05) is 13.0 Å². The van der Waals surface area contributed by atoms with Gasteiger partial charge >= 0.3 is 0 Å². The van der Waals surface area contributed by atoms with E-state index < -0.39 is 5.60 Å². The summed E-state index contributed by atoms with van der Waals surface area (Å²) in [5.74, 6) is 0.0215. The number of hydrogen-bond donors (Lipinski definition) is 2. The van der Waals surface area contributed by atoms with Crippen LogP contribution in [0.25, 0.3) is 0 Å². The van der Waals surface area contributed by atoms with Gasteiger partial charge < -0.3 is 10.4 Å². The van der Waals surface area contributed by atoms with E-state index in [2.05, 4.69) is 19.2 Å². The summed E-state index contributed by atoms with van der Waals surface area (Å²) < 4.78 is 0. The Hall–Kier alpha value is -0.570. The minimum Gasteiger partial charge on any atom is -0.388 e. The van der Waals surface area contributed by atoms with Crippen molar-refractivity contribution in [1.82, 2.24) is 5.32 Å². The summed E-state index contributed by atoms with van der Waals surface area (Å²) in [6.45, 7) is 6.70. The Morgan fingerprint density at radius 1 is 1.27 bits per heavy atom. The smallest absolute Gasteiger partial charge is 0.219 e. The van der Waals surface area contributed by atoms with Crippen molar-refractivity contribution >= 4 is 5.91 Å². The Morgan fingerprint density at radius 2 is 1.80 bits per heavy atom. The van der Waals surface area contributed by atoms with Gasteiger partial charge in [-0.1, -0.05) is 20.8 Å². The number of nitrogens with one attached hydrogen (secondary N) is 1. The van der Waals surface area contributed by atoms with E-state index in [0.29, 0.717) is 18.4 Å². The van der Waals surface area contributed by atoms with Gasteiger partial charge in [-0.3, -0.25) is 4.79 Å². The van der Waals surface area contributed by atoms with E-state index in [1.54, 1.807) is 0 Å². The van der Waals surface area contributed by atoms with Crippen LogP contribution in [0.1, 0.15) is 52.9 Å². The molecule has 88 valence electrons. The van der Waals surface area contributed by atoms with Crippen molar-refractivity contribution in [1.29, 1.82) is 0 Å². The van der Waals surface area contributed by atoms with E-state index in [1.807, 2.05) is 6.92 Å². The van der Waals surface area contributed by atoms with Crippen LogP contribution < -0.4 is 5.32 Å². The summed E-state index contributed by atoms with van der Waals surface area (Å²) in [6.07, 6.45) is 4.15. The van der Waals surface area contributed by atoms with Crippen LogP contribution in [0.15, 0.2) is 0 Å². The summed E-state index contributed by atoms with van der Waals surface area (Å²) in [5, 5.41) is 13.0. The maximum Gasteiger partial charge on any atom is 0.219 e. The number of carbonyl (C=O) groups is 1. The third-order valence-electron chi connectivity index (χ3n) is 3.47. The zero-order valence-electron chi connectivity index (χ0n) is 10.1. The maximum absolute atomic E-state index is 11.1. The molecule has 1 aliphatic rings. The van der Waals surface area contributed by atoms with Gasteiger partial charge in [-0.25, -0.2) is 0 Å². The van der Waals surface area contributed by atoms with Crippen molar-refractivity contribution in [2.75, 3.05) is 6.54 Å². The third-order valence-corrected chi connectivity index (χ3v) is 3.47. The molecule has 0 bridgehead atoms. The predicted octanol–water partition coefficient (Wildman–Crippen LogP) is 1.84. The fraction of sp³-hybridized carbons (Fsp3) is 0.917. The summed E-state index contributed by atoms with van der Waals surface area (Å²) >= 11 is 0. The van der Waals surface area contributed by atoms with Crippen LogP contribution in [0.3, 0.4) is 0 Å². The predicted molar refractivity (Wildman–Crippen MR) is 60.5 cm³/mol. The zero-order chi connectivity index (χ0) is 11.5. The molecule has 1 saturated carbocycles. The van der Waals surface area contributed by atoms with Gasteiger partial charge in [0.15, 0.2) is 0 Å². The molecule has 3 nitrogen and oxygen atoms in total. The van der Waals surface area contributed by atoms with Crippen LogP contribution in [0.4, 0.5) is 0 Å². The Labute approximate surface area is 92.3 Å². The highest BCUT2D eigenvalue weighted by Gasteiger charge is 2.36. The molecule has 0 spiro atoms. The highest BCUT2D eigenvalue weighted by atomic mass is 16.3. The molecule has 0 saturated heterocycles. The Kier molecular flexibility index (Phi) is 3.77. The molecular weight excluding hydrogens is 190 g/mol. The van der Waals surface area contributed by atoms with Gasteiger partial charge in [-0.05, 0) is 31.1 Å². The minimum absolute atomic E-state index is 0.0215. The fourth-order valence-electron chi connectivity index (χ4n) is 1.96. The van der Waals surface area contributed by atoms with Crippen molar-refractivity contribution in [3.63, 3.8) is 0 Å². The molecule has 0 aromatic carbocycles. The molecule has 3 heteroatoms. The standard InChI is InChI=1S/C12H23NO2/c1-4-10(14)13-9-12(15)7-5-11(2,3)6-8-12/h15H,4-9H2,1-3H3,(H,13,14). The average Bonchev–Trinajstić information content (AvgIpc) is 2.20. The van der Waals surface area contributed by atoms with Crippen molar-refractivity contribution in [2.45, 2.75) is 58.5 Å². The van der Waals surface area contributed by atoms with Crippen LogP contribution in [0.2, 0.25) is 0 Å². The van der Waals surface area contributed by atoms with E-state index in [1.165, 1.54) is 0 Å². The normalized spacial score (nSPS) is 23.5. The molecule has 15 heavy (non-hydrogen) atoms. The highest BCUT2D eigenvalue weighted by Crippen LogP contribution is 2.39. The molecule has 1 fully saturated rings. The second-order valence-electron chi connectivity index (χ2n) is 5.52. The first-order valence-corrected chi connectivity index (χ1v) is 5.86. The zero-order valence-corrected chi connectivity index (χ0v) is 10.1. The average molecular weight is 213 g/mol. The first kappa shape index (κ1) is 12.5. The SMILES string of the molecule is CCC(=O)NCC1(O)CCC(C)(C)CC1. The lowest BCUT2D eigenvalue weighted by atomic mass is 9.71. The number of aliphatic hydroxyl groups is 1. The molecule has 0 atom stereocenters. The topological polar surface area (TPSA) is 49.3 Å². The summed E-state index contributed by atoms with van der Waals surface area (Å²) in [4.78, 5) is 11.1. The molecule has 1 amide bonds. The third kappa shape index (κ3) is 3.82. The summed E-state index contributed by atoms with van der Waals surface area (Å²) in [7, 11) is 0. The van der Waals surface area contributed by atoms with Gasteiger partial charge in [0.1, 0.15) is 0 Å². The van der Waals surface area contributed by atoms with E-state index in [0.717, 1.165) is 25.7 Å². The van der Waals surface area contributed by atoms with Crippen molar-refractivity contribution in [3.05, 3.63) is 0 Å². The van der Waals surface area contributed by atoms with E-state index in [9.17, 15) is 9.90 Å². The molecule has 0 heterocycles. The molecule has 1 rings (SSSR count). The quantitative estimate of drug-likeness (QED) is 0.751. The fourth-order valence-corrected chi connectivity index (χ4v) is 1.96. The van der Waals surface area contributed by atoms with Crippen molar-refractivity contribution in [3.8, 4) is 0 Å². The molecule has 0 aromatic rings. The lowest BCUT2D eigenvalue weighted by molar-refractivity contribution is -0.122. The molecule has 0 unspecified atom stereocenters. The molecule has 1 aliphatic carbocycles. The maximum atomic E-state index is 11.1. The molecule has 0 radical (unpaired) electrons. The Bertz CT molecular complexity index is 226. The van der Waals surface area contributed by atoms with Gasteiger partial charge in [0.2, 0.25) is 5.91 Å². The molecular formula is C12H23NO2. The van der Waals surface area contributed by atoms with Crippen LogP contribution in [-0.4, -0.2) is 23.2 Å². The lowest BCUT2D eigenvalue weighted by Gasteiger charge is -2.40. The first-order chi connectivity index (χ1) is 6.87. The highest BCUT2D eigenvalue weighted by molar-refractivity contribution is 5.75. The van der Waals surface area contributed by atoms with Gasteiger partial charge in [0.25, 0.3) is 0 Å². The molecule has 2 N–H and O–H groups in total. The van der Waals surface area contributed by atoms with E-state index >= 15 is 0 Å². The molecule has 0 aromatic heterocycles. The number of carbonyl (C=O) groups excluding carboxylic acids is 1. The van der Waals surface area contributed by atoms with Crippen molar-refractivity contribution in [2.24, 2.45) is 5.41 Å². The van der Waals surface area contributed by atoms with Crippen LogP contribution in [0, 0.1) is 5.41 Å². The second-order valence-corrected chi connectivity index (χ2v) is 5.52. The van der Waals surface area contributed by atoms with Gasteiger partial charge in [-0.2, -0.15) is 0 Å². The summed E-state index contributed by atoms with van der Waals surface area (Å²) in [5.41, 5.74) is -0.318. The number of hydrogen-bond acceptors (Lipinski definition) is 2. The number of amides is 1. The minimum atomic E-state index is -0.666. The number of rotatable bonds is 3. The summed E-state index contributed by atoms with van der Waals surface area (Å²) in [6, 6.07) is 0. The Balaban J connectivity index is 2.38. The van der Waals surface area contributed by atoms with Crippen LogP contribution in [0.5, 0.6) is 0 Å². The largest absolute Gasteiger partial charge is 0.388 e. The van der Waals surface area contributed by atoms with Gasteiger partial charge in [-0.15, -0.1) is 0 Å². The van der Waals surface area contributed by atoms with E-state index in [4.69, 9.17) is 0 Å². The molecule has 0 aliphatic heterocycles. The second kappa shape index (κ2) is 4.52. The lowest BCUT2D eigenvalue weighted by Crippen LogP contribution is -2.46. The van der Waals surface area contributed by atoms with Crippen molar-refractivity contribution < 1.29 is 9.90 Å².